The molecule has 0 radical (unpaired) electrons. The summed E-state index contributed by atoms with van der Waals surface area (Å²) in [5.41, 5.74) is -0.228. The van der Waals surface area contributed by atoms with Crippen LogP contribution in [-0.2, 0) is 7.05 Å². The number of aromatic amines is 1. The second-order valence-corrected chi connectivity index (χ2v) is 5.91. The standard InChI is InChI=1S/C18H19N3O4/c1-20-17(23)19-21(18(20)24)14-7-3-12(4-8-14)11-16(22)13-5-9-15(25-2)10-6-13/h3-10,12,14H,11H2,1-2H3,(H,19,23). The molecule has 25 heavy (non-hydrogen) atoms. The van der Waals surface area contributed by atoms with Crippen molar-refractivity contribution in [2.24, 2.45) is 13.0 Å². The van der Waals surface area contributed by atoms with E-state index in [0.717, 1.165) is 4.57 Å². The molecule has 0 bridgehead atoms. The predicted octanol–water partition coefficient (Wildman–Crippen LogP) is 1.44. The SMILES string of the molecule is COc1ccc(C(=O)CC2C=CC(n3[nH]c(=O)n(C)c3=O)C=C2)cc1. The number of allylic oxidation sites excluding steroid dienone is 4. The molecule has 7 nitrogen and oxygen atoms in total. The van der Waals surface area contributed by atoms with Gasteiger partial charge in [-0.3, -0.25) is 4.79 Å². The summed E-state index contributed by atoms with van der Waals surface area (Å²) in [7, 11) is 3.00. The van der Waals surface area contributed by atoms with Crippen molar-refractivity contribution >= 4 is 5.78 Å². The van der Waals surface area contributed by atoms with Crippen molar-refractivity contribution in [3.05, 3.63) is 75.1 Å². The number of hydrogen-bond acceptors (Lipinski definition) is 4. The Balaban J connectivity index is 1.67. The number of Topliss-reactive ketones (excluding diaryl/α,β-unsaturated/α-hetero) is 1. The number of benzene rings is 1. The highest BCUT2D eigenvalue weighted by atomic mass is 16.5. The van der Waals surface area contributed by atoms with Gasteiger partial charge in [0.05, 0.1) is 13.2 Å². The van der Waals surface area contributed by atoms with Crippen LogP contribution in [0.4, 0.5) is 0 Å². The topological polar surface area (TPSA) is 86.1 Å². The van der Waals surface area contributed by atoms with Gasteiger partial charge in [0.2, 0.25) is 0 Å². The second kappa shape index (κ2) is 6.80. The van der Waals surface area contributed by atoms with Gasteiger partial charge in [0.15, 0.2) is 5.78 Å². The number of H-pyrrole nitrogens is 1. The molecule has 130 valence electrons. The first-order valence-corrected chi connectivity index (χ1v) is 7.91. The van der Waals surface area contributed by atoms with E-state index >= 15 is 0 Å². The second-order valence-electron chi connectivity index (χ2n) is 5.91. The van der Waals surface area contributed by atoms with Crippen LogP contribution in [0.5, 0.6) is 5.75 Å². The van der Waals surface area contributed by atoms with Gasteiger partial charge in [-0.1, -0.05) is 24.3 Å². The number of hydrogen-bond donors (Lipinski definition) is 1. The number of carbonyl (C=O) groups is 1. The van der Waals surface area contributed by atoms with Crippen molar-refractivity contribution < 1.29 is 9.53 Å². The lowest BCUT2D eigenvalue weighted by Gasteiger charge is -2.16. The summed E-state index contributed by atoms with van der Waals surface area (Å²) in [6, 6.07) is 6.65. The van der Waals surface area contributed by atoms with E-state index in [1.54, 1.807) is 31.4 Å². The lowest BCUT2D eigenvalue weighted by atomic mass is 9.93. The lowest BCUT2D eigenvalue weighted by molar-refractivity contribution is 0.0975. The van der Waals surface area contributed by atoms with Crippen LogP contribution in [0.2, 0.25) is 0 Å². The molecule has 0 saturated heterocycles. The van der Waals surface area contributed by atoms with Gasteiger partial charge in [-0.25, -0.2) is 23.9 Å². The molecule has 1 aromatic carbocycles. The summed E-state index contributed by atoms with van der Waals surface area (Å²) in [5, 5.41) is 2.50. The Labute approximate surface area is 143 Å². The molecule has 2 aromatic rings. The maximum Gasteiger partial charge on any atom is 0.347 e. The summed E-state index contributed by atoms with van der Waals surface area (Å²) in [5.74, 6) is 0.696. The van der Waals surface area contributed by atoms with Crippen molar-refractivity contribution in [1.29, 1.82) is 0 Å². The normalized spacial score (nSPS) is 19.1. The fourth-order valence-corrected chi connectivity index (χ4v) is 2.73. The first kappa shape index (κ1) is 16.8. The van der Waals surface area contributed by atoms with E-state index in [1.165, 1.54) is 11.7 Å². The van der Waals surface area contributed by atoms with Crippen LogP contribution in [0.15, 0.2) is 58.2 Å². The fourth-order valence-electron chi connectivity index (χ4n) is 2.73. The number of ether oxygens (including phenoxy) is 1. The Morgan fingerprint density at radius 3 is 2.28 bits per heavy atom. The third kappa shape index (κ3) is 3.40. The summed E-state index contributed by atoms with van der Waals surface area (Å²) >= 11 is 0. The zero-order valence-electron chi connectivity index (χ0n) is 14.0. The van der Waals surface area contributed by atoms with Crippen molar-refractivity contribution in [2.75, 3.05) is 7.11 Å². The first-order chi connectivity index (χ1) is 12.0. The molecule has 1 aliphatic rings. The summed E-state index contributed by atoms with van der Waals surface area (Å²) in [4.78, 5) is 35.8. The Kier molecular flexibility index (Phi) is 4.56. The van der Waals surface area contributed by atoms with Crippen molar-refractivity contribution in [3.63, 3.8) is 0 Å². The van der Waals surface area contributed by atoms with E-state index in [4.69, 9.17) is 4.74 Å². The van der Waals surface area contributed by atoms with Crippen LogP contribution in [-0.4, -0.2) is 27.2 Å². The smallest absolute Gasteiger partial charge is 0.347 e. The van der Waals surface area contributed by atoms with Gasteiger partial charge in [0.25, 0.3) is 0 Å². The summed E-state index contributed by atoms with van der Waals surface area (Å²) in [6.07, 6.45) is 7.71. The van der Waals surface area contributed by atoms with Crippen LogP contribution in [0.25, 0.3) is 0 Å². The Bertz CT molecular complexity index is 930. The van der Waals surface area contributed by atoms with E-state index in [1.807, 2.05) is 24.3 Å². The predicted molar refractivity (Wildman–Crippen MR) is 93.0 cm³/mol. The molecule has 0 unspecified atom stereocenters. The number of nitrogens with one attached hydrogen (secondary N) is 1. The number of aromatic nitrogens is 3. The highest BCUT2D eigenvalue weighted by Gasteiger charge is 2.18. The molecule has 0 fully saturated rings. The van der Waals surface area contributed by atoms with Gasteiger partial charge in [0, 0.05) is 24.9 Å². The Morgan fingerprint density at radius 1 is 1.12 bits per heavy atom. The van der Waals surface area contributed by atoms with Crippen molar-refractivity contribution in [1.82, 2.24) is 14.3 Å². The first-order valence-electron chi connectivity index (χ1n) is 7.91. The van der Waals surface area contributed by atoms with Gasteiger partial charge in [-0.15, -0.1) is 0 Å². The molecular weight excluding hydrogens is 322 g/mol. The number of ketones is 1. The van der Waals surface area contributed by atoms with Crippen molar-refractivity contribution in [3.8, 4) is 5.75 Å². The molecule has 0 spiro atoms. The highest BCUT2D eigenvalue weighted by Crippen LogP contribution is 2.22. The van der Waals surface area contributed by atoms with Gasteiger partial charge in [-0.2, -0.15) is 0 Å². The van der Waals surface area contributed by atoms with Gasteiger partial charge in [0.1, 0.15) is 5.75 Å². The third-order valence-electron chi connectivity index (χ3n) is 4.26. The van der Waals surface area contributed by atoms with E-state index in [9.17, 15) is 14.4 Å². The molecule has 7 heteroatoms. The minimum absolute atomic E-state index is 0.0330. The van der Waals surface area contributed by atoms with Crippen LogP contribution in [0.3, 0.4) is 0 Å². The van der Waals surface area contributed by atoms with E-state index in [2.05, 4.69) is 5.10 Å². The van der Waals surface area contributed by atoms with E-state index in [0.29, 0.717) is 17.7 Å². The largest absolute Gasteiger partial charge is 0.497 e. The minimum Gasteiger partial charge on any atom is -0.497 e. The molecule has 1 heterocycles. The molecule has 0 atom stereocenters. The third-order valence-corrected chi connectivity index (χ3v) is 4.26. The van der Waals surface area contributed by atoms with Crippen LogP contribution >= 0.6 is 0 Å². The average Bonchev–Trinajstić information content (AvgIpc) is 2.90. The quantitative estimate of drug-likeness (QED) is 0.659. The fraction of sp³-hybridized carbons (Fsp3) is 0.278. The zero-order chi connectivity index (χ0) is 18.0. The van der Waals surface area contributed by atoms with Crippen LogP contribution in [0.1, 0.15) is 22.8 Å². The van der Waals surface area contributed by atoms with Gasteiger partial charge in [-0.05, 0) is 24.3 Å². The molecular formula is C18H19N3O4. The zero-order valence-corrected chi connectivity index (χ0v) is 14.0. The minimum atomic E-state index is -0.455. The lowest BCUT2D eigenvalue weighted by Crippen LogP contribution is -2.27. The van der Waals surface area contributed by atoms with Crippen LogP contribution < -0.4 is 16.1 Å². The van der Waals surface area contributed by atoms with Crippen molar-refractivity contribution in [2.45, 2.75) is 12.5 Å². The molecule has 1 N–H and O–H groups in total. The van der Waals surface area contributed by atoms with Gasteiger partial charge >= 0.3 is 11.4 Å². The maximum atomic E-state index is 12.4. The molecule has 1 aliphatic carbocycles. The van der Waals surface area contributed by atoms with E-state index in [-0.39, 0.29) is 17.7 Å². The monoisotopic (exact) mass is 341 g/mol. The average molecular weight is 341 g/mol. The number of nitrogens with zero attached hydrogens (tertiary/aromatic N) is 2. The summed E-state index contributed by atoms with van der Waals surface area (Å²) < 4.78 is 7.36. The number of carbonyl (C=O) groups excluding carboxylic acids is 1. The number of rotatable bonds is 5. The molecule has 3 rings (SSSR count). The molecule has 0 aliphatic heterocycles. The number of methoxy groups -OCH3 is 1. The highest BCUT2D eigenvalue weighted by molar-refractivity contribution is 5.96. The summed E-state index contributed by atoms with van der Waals surface area (Å²) in [6.45, 7) is 0. The Hall–Kier alpha value is -3.09. The maximum absolute atomic E-state index is 12.4. The van der Waals surface area contributed by atoms with Crippen LogP contribution in [0, 0.1) is 5.92 Å². The van der Waals surface area contributed by atoms with E-state index < -0.39 is 11.4 Å². The molecule has 0 amide bonds. The molecule has 1 aromatic heterocycles. The Morgan fingerprint density at radius 2 is 1.76 bits per heavy atom. The molecule has 0 saturated carbocycles. The van der Waals surface area contributed by atoms with Gasteiger partial charge < -0.3 is 4.74 Å².